The van der Waals surface area contributed by atoms with Gasteiger partial charge in [0.1, 0.15) is 0 Å². The zero-order chi connectivity index (χ0) is 19.7. The molecule has 7 heteroatoms. The molecule has 5 nitrogen and oxygen atoms in total. The van der Waals surface area contributed by atoms with Gasteiger partial charge in [-0.2, -0.15) is 0 Å². The molecular formula is C20H28F2N2O3. The standard InChI is InChI=1S/C20H28F2N2O3/c1-14-5-3-9-24-15(6-10-27-2)11-16(17(14)24)18(25)23-13-19(26)7-4-8-20(21,22)12-19/h3,9,11,14,26H,4-8,10,12-13H2,1-2H3,(H,23,25). The number of nitrogens with one attached hydrogen (secondary N) is 1. The fourth-order valence-electron chi connectivity index (χ4n) is 4.16. The van der Waals surface area contributed by atoms with Gasteiger partial charge in [-0.05, 0) is 25.3 Å². The molecular weight excluding hydrogens is 354 g/mol. The Hall–Kier alpha value is -1.73. The summed E-state index contributed by atoms with van der Waals surface area (Å²) in [6, 6.07) is 1.84. The molecule has 0 aromatic carbocycles. The Labute approximate surface area is 158 Å². The van der Waals surface area contributed by atoms with E-state index in [1.54, 1.807) is 7.11 Å². The van der Waals surface area contributed by atoms with Gasteiger partial charge in [0, 0.05) is 56.4 Å². The molecule has 1 aromatic rings. The van der Waals surface area contributed by atoms with Crippen LogP contribution in [-0.4, -0.2) is 47.4 Å². The minimum atomic E-state index is -2.88. The highest BCUT2D eigenvalue weighted by Gasteiger charge is 2.44. The number of halogens is 2. The largest absolute Gasteiger partial charge is 0.388 e. The average molecular weight is 382 g/mol. The van der Waals surface area contributed by atoms with E-state index in [9.17, 15) is 18.7 Å². The third-order valence-electron chi connectivity index (χ3n) is 5.52. The van der Waals surface area contributed by atoms with Crippen molar-refractivity contribution in [1.82, 2.24) is 9.88 Å². The molecule has 1 fully saturated rings. The van der Waals surface area contributed by atoms with Crippen molar-refractivity contribution in [3.05, 3.63) is 29.1 Å². The molecule has 27 heavy (non-hydrogen) atoms. The SMILES string of the molecule is COCCc1cc(C(=O)NCC2(O)CCCC(F)(F)C2)c2n1C=CCC2C. The Morgan fingerprint density at radius 2 is 2.22 bits per heavy atom. The maximum absolute atomic E-state index is 13.6. The van der Waals surface area contributed by atoms with Crippen LogP contribution < -0.4 is 5.32 Å². The first-order valence-electron chi connectivity index (χ1n) is 9.53. The summed E-state index contributed by atoms with van der Waals surface area (Å²) in [5.74, 6) is -3.03. The summed E-state index contributed by atoms with van der Waals surface area (Å²) < 4.78 is 34.5. The lowest BCUT2D eigenvalue weighted by Gasteiger charge is -2.36. The van der Waals surface area contributed by atoms with Crippen molar-refractivity contribution in [2.24, 2.45) is 0 Å². The lowest BCUT2D eigenvalue weighted by molar-refractivity contribution is -0.121. The van der Waals surface area contributed by atoms with Gasteiger partial charge >= 0.3 is 0 Å². The normalized spacial score (nSPS) is 26.6. The van der Waals surface area contributed by atoms with Gasteiger partial charge < -0.3 is 19.7 Å². The maximum Gasteiger partial charge on any atom is 0.253 e. The number of ether oxygens (including phenoxy) is 1. The smallest absolute Gasteiger partial charge is 0.253 e. The molecule has 0 spiro atoms. The molecule has 0 radical (unpaired) electrons. The van der Waals surface area contributed by atoms with Gasteiger partial charge in [-0.3, -0.25) is 4.79 Å². The minimum absolute atomic E-state index is 0.163. The first-order valence-corrected chi connectivity index (χ1v) is 9.53. The second-order valence-electron chi connectivity index (χ2n) is 7.86. The summed E-state index contributed by atoms with van der Waals surface area (Å²) in [5, 5.41) is 13.2. The number of hydrogen-bond acceptors (Lipinski definition) is 3. The highest BCUT2D eigenvalue weighted by molar-refractivity contribution is 5.96. The Kier molecular flexibility index (Phi) is 5.72. The third kappa shape index (κ3) is 4.41. The summed E-state index contributed by atoms with van der Waals surface area (Å²) in [5.41, 5.74) is 0.885. The molecule has 2 atom stereocenters. The number of aromatic nitrogens is 1. The Morgan fingerprint density at radius 3 is 2.93 bits per heavy atom. The number of rotatable bonds is 6. The van der Waals surface area contributed by atoms with E-state index in [-0.39, 0.29) is 37.6 Å². The lowest BCUT2D eigenvalue weighted by atomic mass is 9.82. The Morgan fingerprint density at radius 1 is 1.44 bits per heavy atom. The van der Waals surface area contributed by atoms with E-state index in [1.807, 2.05) is 16.8 Å². The third-order valence-corrected chi connectivity index (χ3v) is 5.52. The zero-order valence-electron chi connectivity index (χ0n) is 15.9. The van der Waals surface area contributed by atoms with Crippen LogP contribution in [0.4, 0.5) is 8.78 Å². The van der Waals surface area contributed by atoms with E-state index in [2.05, 4.69) is 18.3 Å². The maximum atomic E-state index is 13.6. The zero-order valence-corrected chi connectivity index (χ0v) is 15.9. The minimum Gasteiger partial charge on any atom is -0.388 e. The van der Waals surface area contributed by atoms with Crippen molar-refractivity contribution < 1.29 is 23.4 Å². The topological polar surface area (TPSA) is 63.5 Å². The number of allylic oxidation sites excluding steroid dienone is 1. The number of fused-ring (bicyclic) bond motifs is 1. The molecule has 150 valence electrons. The Bertz CT molecular complexity index is 729. The number of carbonyl (C=O) groups is 1. The molecule has 2 N–H and O–H groups in total. The summed E-state index contributed by atoms with van der Waals surface area (Å²) in [7, 11) is 1.63. The predicted molar refractivity (Wildman–Crippen MR) is 99.1 cm³/mol. The van der Waals surface area contributed by atoms with Crippen molar-refractivity contribution in [3.63, 3.8) is 0 Å². The molecule has 2 aliphatic rings. The van der Waals surface area contributed by atoms with Crippen LogP contribution in [0.3, 0.4) is 0 Å². The van der Waals surface area contributed by atoms with Crippen LogP contribution in [0.15, 0.2) is 12.1 Å². The van der Waals surface area contributed by atoms with Gasteiger partial charge in [0.25, 0.3) is 11.8 Å². The van der Waals surface area contributed by atoms with Crippen LogP contribution in [0.5, 0.6) is 0 Å². The second kappa shape index (κ2) is 7.72. The van der Waals surface area contributed by atoms with E-state index < -0.39 is 17.9 Å². The monoisotopic (exact) mass is 382 g/mol. The number of alkyl halides is 2. The second-order valence-corrected chi connectivity index (χ2v) is 7.86. The first kappa shape index (κ1) is 20.0. The van der Waals surface area contributed by atoms with Crippen molar-refractivity contribution in [3.8, 4) is 0 Å². The van der Waals surface area contributed by atoms with E-state index in [4.69, 9.17) is 4.74 Å². The summed E-state index contributed by atoms with van der Waals surface area (Å²) in [6.07, 6.45) is 5.26. The molecule has 3 rings (SSSR count). The summed E-state index contributed by atoms with van der Waals surface area (Å²) in [4.78, 5) is 12.8. The van der Waals surface area contributed by atoms with Crippen molar-refractivity contribution in [1.29, 1.82) is 0 Å². The predicted octanol–water partition coefficient (Wildman–Crippen LogP) is 3.33. The van der Waals surface area contributed by atoms with Gasteiger partial charge in [-0.15, -0.1) is 0 Å². The molecule has 1 amide bonds. The fourth-order valence-corrected chi connectivity index (χ4v) is 4.16. The molecule has 1 aliphatic heterocycles. The number of amides is 1. The number of hydrogen-bond donors (Lipinski definition) is 2. The Balaban J connectivity index is 1.76. The van der Waals surface area contributed by atoms with E-state index in [0.29, 0.717) is 18.6 Å². The highest BCUT2D eigenvalue weighted by atomic mass is 19.3. The van der Waals surface area contributed by atoms with Gasteiger partial charge in [0.2, 0.25) is 0 Å². The molecule has 0 saturated heterocycles. The summed E-state index contributed by atoms with van der Waals surface area (Å²) in [6.45, 7) is 2.44. The van der Waals surface area contributed by atoms with Crippen LogP contribution in [0.2, 0.25) is 0 Å². The van der Waals surface area contributed by atoms with Crippen molar-refractivity contribution in [2.75, 3.05) is 20.3 Å². The average Bonchev–Trinajstić information content (AvgIpc) is 2.97. The van der Waals surface area contributed by atoms with Crippen LogP contribution in [0, 0.1) is 0 Å². The van der Waals surface area contributed by atoms with Gasteiger partial charge in [0.15, 0.2) is 0 Å². The number of aliphatic hydroxyl groups is 1. The van der Waals surface area contributed by atoms with E-state index in [1.165, 1.54) is 0 Å². The van der Waals surface area contributed by atoms with Gasteiger partial charge in [0.05, 0.1) is 17.8 Å². The highest BCUT2D eigenvalue weighted by Crippen LogP contribution is 2.39. The van der Waals surface area contributed by atoms with E-state index in [0.717, 1.165) is 17.8 Å². The lowest BCUT2D eigenvalue weighted by Crippen LogP contribution is -2.49. The molecule has 2 unspecified atom stereocenters. The molecule has 1 saturated carbocycles. The summed E-state index contributed by atoms with van der Waals surface area (Å²) >= 11 is 0. The van der Waals surface area contributed by atoms with Crippen LogP contribution in [0.25, 0.3) is 6.20 Å². The number of nitrogens with zero attached hydrogens (tertiary/aromatic N) is 1. The first-order chi connectivity index (χ1) is 12.7. The molecule has 2 heterocycles. The fraction of sp³-hybridized carbons (Fsp3) is 0.650. The number of methoxy groups -OCH3 is 1. The number of carbonyl (C=O) groups excluding carboxylic acids is 1. The van der Waals surface area contributed by atoms with Crippen molar-refractivity contribution in [2.45, 2.75) is 62.9 Å². The van der Waals surface area contributed by atoms with Crippen LogP contribution in [-0.2, 0) is 11.2 Å². The molecule has 1 aliphatic carbocycles. The quantitative estimate of drug-likeness (QED) is 0.793. The van der Waals surface area contributed by atoms with Crippen molar-refractivity contribution >= 4 is 12.1 Å². The van der Waals surface area contributed by atoms with Gasteiger partial charge in [-0.25, -0.2) is 8.78 Å². The van der Waals surface area contributed by atoms with Gasteiger partial charge in [-0.1, -0.05) is 13.0 Å². The molecule has 1 aromatic heterocycles. The van der Waals surface area contributed by atoms with Crippen LogP contribution in [0.1, 0.15) is 66.7 Å². The molecule has 0 bridgehead atoms. The van der Waals surface area contributed by atoms with Crippen LogP contribution >= 0.6 is 0 Å². The van der Waals surface area contributed by atoms with E-state index >= 15 is 0 Å².